The van der Waals surface area contributed by atoms with Crippen molar-refractivity contribution in [1.82, 2.24) is 4.98 Å². The molecule has 1 aromatic heterocycles. The number of carbonyl (C=O) groups excluding carboxylic acids is 1. The fraction of sp³-hybridized carbons (Fsp3) is 0.0667. The molecule has 2 nitrogen and oxygen atoms in total. The zero-order chi connectivity index (χ0) is 11.7. The van der Waals surface area contributed by atoms with Crippen LogP contribution >= 0.6 is 0 Å². The predicted molar refractivity (Wildman–Crippen MR) is 67.8 cm³/mol. The molecule has 3 rings (SSSR count). The number of fused-ring (bicyclic) bond motifs is 1. The van der Waals surface area contributed by atoms with Crippen molar-refractivity contribution in [3.8, 4) is 11.1 Å². The van der Waals surface area contributed by atoms with E-state index in [-0.39, 0.29) is 0 Å². The van der Waals surface area contributed by atoms with Crippen LogP contribution in [-0.4, -0.2) is 11.3 Å². The summed E-state index contributed by atoms with van der Waals surface area (Å²) in [6.45, 7) is 0. The molecule has 82 valence electrons. The Morgan fingerprint density at radius 2 is 1.94 bits per heavy atom. The van der Waals surface area contributed by atoms with Gasteiger partial charge in [0, 0.05) is 23.7 Å². The third kappa shape index (κ3) is 1.78. The maximum absolute atomic E-state index is 10.6. The van der Waals surface area contributed by atoms with Gasteiger partial charge in [0.05, 0.1) is 5.69 Å². The summed E-state index contributed by atoms with van der Waals surface area (Å²) < 4.78 is 0. The molecule has 0 N–H and O–H groups in total. The quantitative estimate of drug-likeness (QED) is 0.729. The van der Waals surface area contributed by atoms with E-state index in [1.807, 2.05) is 30.5 Å². The highest BCUT2D eigenvalue weighted by atomic mass is 16.1. The summed E-state index contributed by atoms with van der Waals surface area (Å²) in [5.74, 6) is 0. The summed E-state index contributed by atoms with van der Waals surface area (Å²) in [5, 5.41) is 0. The minimum absolute atomic E-state index is 0.697. The Morgan fingerprint density at radius 1 is 1.12 bits per heavy atom. The first-order valence-corrected chi connectivity index (χ1v) is 5.58. The molecule has 1 aliphatic rings. The zero-order valence-electron chi connectivity index (χ0n) is 9.26. The van der Waals surface area contributed by atoms with E-state index in [0.29, 0.717) is 5.56 Å². The number of aromatic nitrogens is 1. The van der Waals surface area contributed by atoms with Gasteiger partial charge in [-0.1, -0.05) is 36.4 Å². The maximum atomic E-state index is 10.6. The Labute approximate surface area is 99.6 Å². The number of nitrogens with zero attached hydrogens (tertiary/aromatic N) is 1. The third-order valence-electron chi connectivity index (χ3n) is 2.99. The average molecular weight is 221 g/mol. The molecule has 0 aliphatic heterocycles. The van der Waals surface area contributed by atoms with Crippen LogP contribution in [0.5, 0.6) is 0 Å². The SMILES string of the molecule is O=Cc1ccc(-c2cnc3c(c2)C=CC3)cc1. The molecule has 0 radical (unpaired) electrons. The molecular weight excluding hydrogens is 210 g/mol. The standard InChI is InChI=1S/C15H11NO/c17-10-11-4-6-12(7-5-11)14-8-13-2-1-3-15(13)16-9-14/h1-2,4-10H,3H2. The molecule has 0 fully saturated rings. The van der Waals surface area contributed by atoms with Gasteiger partial charge in [0.15, 0.2) is 0 Å². The van der Waals surface area contributed by atoms with Crippen LogP contribution in [0.2, 0.25) is 0 Å². The maximum Gasteiger partial charge on any atom is 0.150 e. The van der Waals surface area contributed by atoms with Crippen LogP contribution in [0.1, 0.15) is 21.6 Å². The lowest BCUT2D eigenvalue weighted by molar-refractivity contribution is 0.112. The van der Waals surface area contributed by atoms with Crippen molar-refractivity contribution in [2.24, 2.45) is 0 Å². The fourth-order valence-corrected chi connectivity index (χ4v) is 2.03. The van der Waals surface area contributed by atoms with Crippen molar-refractivity contribution in [1.29, 1.82) is 0 Å². The minimum atomic E-state index is 0.697. The normalized spacial score (nSPS) is 12.5. The van der Waals surface area contributed by atoms with Crippen LogP contribution in [0.15, 0.2) is 42.6 Å². The topological polar surface area (TPSA) is 30.0 Å². The first-order chi connectivity index (χ1) is 8.36. The summed E-state index contributed by atoms with van der Waals surface area (Å²) in [5.41, 5.74) is 5.21. The summed E-state index contributed by atoms with van der Waals surface area (Å²) >= 11 is 0. The molecule has 1 heterocycles. The number of rotatable bonds is 2. The van der Waals surface area contributed by atoms with Gasteiger partial charge in [0.1, 0.15) is 6.29 Å². The molecule has 0 spiro atoms. The monoisotopic (exact) mass is 221 g/mol. The van der Waals surface area contributed by atoms with Crippen molar-refractivity contribution in [3.63, 3.8) is 0 Å². The number of pyridine rings is 1. The van der Waals surface area contributed by atoms with Gasteiger partial charge in [-0.15, -0.1) is 0 Å². The van der Waals surface area contributed by atoms with Gasteiger partial charge in [-0.05, 0) is 17.2 Å². The number of allylic oxidation sites excluding steroid dienone is 1. The van der Waals surface area contributed by atoms with E-state index >= 15 is 0 Å². The molecule has 0 amide bonds. The number of carbonyl (C=O) groups is 1. The number of hydrogen-bond acceptors (Lipinski definition) is 2. The zero-order valence-corrected chi connectivity index (χ0v) is 9.26. The van der Waals surface area contributed by atoms with E-state index in [1.54, 1.807) is 0 Å². The molecule has 17 heavy (non-hydrogen) atoms. The Hall–Kier alpha value is -2.22. The van der Waals surface area contributed by atoms with E-state index in [0.717, 1.165) is 29.5 Å². The molecule has 0 saturated carbocycles. The highest BCUT2D eigenvalue weighted by Gasteiger charge is 2.07. The molecule has 0 atom stereocenters. The van der Waals surface area contributed by atoms with Gasteiger partial charge in [-0.2, -0.15) is 0 Å². The predicted octanol–water partition coefficient (Wildman–Crippen LogP) is 3.13. The van der Waals surface area contributed by atoms with Crippen molar-refractivity contribution in [2.75, 3.05) is 0 Å². The lowest BCUT2D eigenvalue weighted by Crippen LogP contribution is -1.89. The Bertz CT molecular complexity index is 597. The fourth-order valence-electron chi connectivity index (χ4n) is 2.03. The second-order valence-electron chi connectivity index (χ2n) is 4.11. The molecule has 0 unspecified atom stereocenters. The second kappa shape index (κ2) is 3.98. The largest absolute Gasteiger partial charge is 0.298 e. The summed E-state index contributed by atoms with van der Waals surface area (Å²) in [6, 6.07) is 9.69. The first-order valence-electron chi connectivity index (χ1n) is 5.58. The summed E-state index contributed by atoms with van der Waals surface area (Å²) in [6.07, 6.45) is 7.90. The molecular formula is C15H11NO. The summed E-state index contributed by atoms with van der Waals surface area (Å²) in [7, 11) is 0. The number of benzene rings is 1. The lowest BCUT2D eigenvalue weighted by Gasteiger charge is -2.04. The van der Waals surface area contributed by atoms with Crippen molar-refractivity contribution in [2.45, 2.75) is 6.42 Å². The van der Waals surface area contributed by atoms with Gasteiger partial charge < -0.3 is 0 Å². The molecule has 1 aliphatic carbocycles. The Kier molecular flexibility index (Phi) is 2.33. The lowest BCUT2D eigenvalue weighted by atomic mass is 10.0. The third-order valence-corrected chi connectivity index (χ3v) is 2.99. The van der Waals surface area contributed by atoms with E-state index in [2.05, 4.69) is 23.2 Å². The smallest absolute Gasteiger partial charge is 0.150 e. The van der Waals surface area contributed by atoms with Gasteiger partial charge >= 0.3 is 0 Å². The van der Waals surface area contributed by atoms with Crippen LogP contribution < -0.4 is 0 Å². The summed E-state index contributed by atoms with van der Waals surface area (Å²) in [4.78, 5) is 15.0. The van der Waals surface area contributed by atoms with Gasteiger partial charge in [-0.25, -0.2) is 0 Å². The van der Waals surface area contributed by atoms with Crippen molar-refractivity contribution >= 4 is 12.4 Å². The van der Waals surface area contributed by atoms with Crippen LogP contribution in [0.25, 0.3) is 17.2 Å². The molecule has 0 saturated heterocycles. The minimum Gasteiger partial charge on any atom is -0.298 e. The van der Waals surface area contributed by atoms with Crippen LogP contribution in [0.4, 0.5) is 0 Å². The van der Waals surface area contributed by atoms with Crippen molar-refractivity contribution in [3.05, 3.63) is 59.4 Å². The molecule has 2 heteroatoms. The molecule has 2 aromatic rings. The van der Waals surface area contributed by atoms with Gasteiger partial charge in [0.2, 0.25) is 0 Å². The van der Waals surface area contributed by atoms with Crippen LogP contribution in [-0.2, 0) is 6.42 Å². The molecule has 0 bridgehead atoms. The first kappa shape index (κ1) is 9.97. The Morgan fingerprint density at radius 3 is 2.71 bits per heavy atom. The van der Waals surface area contributed by atoms with Gasteiger partial charge in [-0.3, -0.25) is 9.78 Å². The van der Waals surface area contributed by atoms with E-state index < -0.39 is 0 Å². The molecule has 1 aromatic carbocycles. The van der Waals surface area contributed by atoms with E-state index in [4.69, 9.17) is 0 Å². The van der Waals surface area contributed by atoms with E-state index in [1.165, 1.54) is 5.56 Å². The van der Waals surface area contributed by atoms with Crippen LogP contribution in [0.3, 0.4) is 0 Å². The highest BCUT2D eigenvalue weighted by Crippen LogP contribution is 2.24. The second-order valence-corrected chi connectivity index (χ2v) is 4.11. The van der Waals surface area contributed by atoms with Gasteiger partial charge in [0.25, 0.3) is 0 Å². The van der Waals surface area contributed by atoms with Crippen molar-refractivity contribution < 1.29 is 4.79 Å². The Balaban J connectivity index is 2.02. The van der Waals surface area contributed by atoms with Crippen LogP contribution in [0, 0.1) is 0 Å². The average Bonchev–Trinajstić information content (AvgIpc) is 2.86. The van der Waals surface area contributed by atoms with E-state index in [9.17, 15) is 4.79 Å². The number of aldehydes is 1. The number of hydrogen-bond donors (Lipinski definition) is 0. The highest BCUT2D eigenvalue weighted by molar-refractivity contribution is 5.77.